The van der Waals surface area contributed by atoms with Crippen molar-refractivity contribution in [2.45, 2.75) is 12.8 Å². The molecular formula is C10H15N. The quantitative estimate of drug-likeness (QED) is 0.595. The highest BCUT2D eigenvalue weighted by Crippen LogP contribution is 2.33. The van der Waals surface area contributed by atoms with Crippen LogP contribution in [-0.2, 0) is 0 Å². The van der Waals surface area contributed by atoms with Crippen LogP contribution in [0.4, 0.5) is 0 Å². The van der Waals surface area contributed by atoms with Crippen LogP contribution in [0.25, 0.3) is 0 Å². The third-order valence-electron chi connectivity index (χ3n) is 1.91. The van der Waals surface area contributed by atoms with Crippen molar-refractivity contribution in [3.63, 3.8) is 0 Å². The Labute approximate surface area is 68.4 Å². The summed E-state index contributed by atoms with van der Waals surface area (Å²) in [6.07, 6.45) is 0. The minimum atomic E-state index is 0.736. The van der Waals surface area contributed by atoms with E-state index in [2.05, 4.69) is 36.5 Å². The number of hydrogen-bond donors (Lipinski definition) is 1. The first-order valence-corrected chi connectivity index (χ1v) is 3.98. The highest BCUT2D eigenvalue weighted by Gasteiger charge is 2.16. The van der Waals surface area contributed by atoms with Crippen molar-refractivity contribution < 1.29 is 0 Å². The van der Waals surface area contributed by atoms with Crippen molar-refractivity contribution in [3.8, 4) is 0 Å². The Balaban J connectivity index is 0.000000179. The van der Waals surface area contributed by atoms with Gasteiger partial charge in [-0.2, -0.15) is 0 Å². The predicted octanol–water partition coefficient (Wildman–Crippen LogP) is 1.99. The summed E-state index contributed by atoms with van der Waals surface area (Å²) in [6.45, 7) is 2.24. The van der Waals surface area contributed by atoms with Crippen molar-refractivity contribution in [2.75, 3.05) is 14.1 Å². The molecule has 0 unspecified atom stereocenters. The Kier molecular flexibility index (Phi) is 2.66. The monoisotopic (exact) mass is 149 g/mol. The molecule has 2 bridgehead atoms. The van der Waals surface area contributed by atoms with E-state index in [0.29, 0.717) is 0 Å². The summed E-state index contributed by atoms with van der Waals surface area (Å²) in [5.41, 5.74) is 2.98. The molecule has 3 rings (SSSR count). The summed E-state index contributed by atoms with van der Waals surface area (Å²) >= 11 is 0. The van der Waals surface area contributed by atoms with Crippen LogP contribution in [0, 0.1) is 0 Å². The first kappa shape index (κ1) is 8.28. The fourth-order valence-electron chi connectivity index (χ4n) is 1.19. The normalized spacial score (nSPS) is 13.0. The van der Waals surface area contributed by atoms with Crippen molar-refractivity contribution in [1.82, 2.24) is 5.32 Å². The summed E-state index contributed by atoms with van der Waals surface area (Å²) in [7, 11) is 3.75. The third-order valence-corrected chi connectivity index (χ3v) is 1.91. The first-order valence-electron chi connectivity index (χ1n) is 3.98. The van der Waals surface area contributed by atoms with Crippen LogP contribution in [0.1, 0.15) is 24.0 Å². The number of fused-ring (bicyclic) bond motifs is 2. The SMILES string of the molecule is CC1c2cccc1c2.CNC. The molecule has 60 valence electrons. The van der Waals surface area contributed by atoms with Gasteiger partial charge in [0.05, 0.1) is 0 Å². The first-order chi connectivity index (χ1) is 5.29. The number of hydrogen-bond acceptors (Lipinski definition) is 1. The van der Waals surface area contributed by atoms with Gasteiger partial charge < -0.3 is 5.32 Å². The average molecular weight is 149 g/mol. The largest absolute Gasteiger partial charge is 0.323 e. The second kappa shape index (κ2) is 3.54. The second-order valence-corrected chi connectivity index (χ2v) is 2.89. The van der Waals surface area contributed by atoms with Gasteiger partial charge in [0.2, 0.25) is 0 Å². The van der Waals surface area contributed by atoms with Crippen molar-refractivity contribution in [3.05, 3.63) is 35.4 Å². The summed E-state index contributed by atoms with van der Waals surface area (Å²) in [5.74, 6) is 0.736. The molecule has 0 aliphatic heterocycles. The molecule has 0 saturated heterocycles. The molecule has 1 N–H and O–H groups in total. The molecule has 0 atom stereocenters. The van der Waals surface area contributed by atoms with Crippen LogP contribution in [0.3, 0.4) is 0 Å². The predicted molar refractivity (Wildman–Crippen MR) is 48.9 cm³/mol. The third kappa shape index (κ3) is 1.60. The second-order valence-electron chi connectivity index (χ2n) is 2.89. The van der Waals surface area contributed by atoms with Crippen molar-refractivity contribution >= 4 is 0 Å². The van der Waals surface area contributed by atoms with Crippen LogP contribution in [0.5, 0.6) is 0 Å². The van der Waals surface area contributed by atoms with Gasteiger partial charge in [0, 0.05) is 5.92 Å². The molecule has 0 amide bonds. The minimum Gasteiger partial charge on any atom is -0.323 e. The maximum absolute atomic E-state index is 2.75. The average Bonchev–Trinajstić information content (AvgIpc) is 2.06. The Morgan fingerprint density at radius 3 is 1.82 bits per heavy atom. The molecule has 0 heterocycles. The van der Waals surface area contributed by atoms with Crippen LogP contribution < -0.4 is 5.32 Å². The maximum Gasteiger partial charge on any atom is 0.00612 e. The van der Waals surface area contributed by atoms with Crippen LogP contribution in [0.15, 0.2) is 24.3 Å². The highest BCUT2D eigenvalue weighted by atomic mass is 14.7. The molecular weight excluding hydrogens is 134 g/mol. The summed E-state index contributed by atoms with van der Waals surface area (Å²) in [5, 5.41) is 2.75. The van der Waals surface area contributed by atoms with E-state index in [-0.39, 0.29) is 0 Å². The van der Waals surface area contributed by atoms with Gasteiger partial charge in [0.15, 0.2) is 0 Å². The topological polar surface area (TPSA) is 12.0 Å². The van der Waals surface area contributed by atoms with Crippen molar-refractivity contribution in [2.24, 2.45) is 0 Å². The Morgan fingerprint density at radius 2 is 1.64 bits per heavy atom. The zero-order valence-electron chi connectivity index (χ0n) is 7.39. The molecule has 1 aromatic carbocycles. The lowest BCUT2D eigenvalue weighted by Crippen LogP contribution is -2.05. The van der Waals surface area contributed by atoms with Gasteiger partial charge in [0.1, 0.15) is 0 Å². The Morgan fingerprint density at radius 1 is 1.18 bits per heavy atom. The van der Waals surface area contributed by atoms with Crippen molar-refractivity contribution in [1.29, 1.82) is 0 Å². The molecule has 0 radical (unpaired) electrons. The minimum absolute atomic E-state index is 0.736. The Hall–Kier alpha value is -0.820. The van der Waals surface area contributed by atoms with Gasteiger partial charge in [0.25, 0.3) is 0 Å². The van der Waals surface area contributed by atoms with Gasteiger partial charge in [-0.25, -0.2) is 0 Å². The lowest BCUT2D eigenvalue weighted by molar-refractivity contribution is 0.855. The van der Waals surface area contributed by atoms with Crippen LogP contribution >= 0.6 is 0 Å². The summed E-state index contributed by atoms with van der Waals surface area (Å²) in [4.78, 5) is 0. The molecule has 0 aromatic heterocycles. The van der Waals surface area contributed by atoms with Gasteiger partial charge >= 0.3 is 0 Å². The fourth-order valence-corrected chi connectivity index (χ4v) is 1.19. The van der Waals surface area contributed by atoms with Gasteiger partial charge in [-0.3, -0.25) is 0 Å². The molecule has 2 aliphatic carbocycles. The molecule has 0 fully saturated rings. The molecule has 1 aromatic rings. The maximum atomic E-state index is 2.75. The number of rotatable bonds is 0. The Bertz CT molecular complexity index is 203. The highest BCUT2D eigenvalue weighted by molar-refractivity contribution is 5.42. The van der Waals surface area contributed by atoms with Gasteiger partial charge in [-0.1, -0.05) is 31.2 Å². The van der Waals surface area contributed by atoms with E-state index < -0.39 is 0 Å². The smallest absolute Gasteiger partial charge is 0.00612 e. The lowest BCUT2D eigenvalue weighted by Gasteiger charge is -2.22. The molecule has 1 heteroatoms. The molecule has 2 aliphatic rings. The molecule has 0 spiro atoms. The van der Waals surface area contributed by atoms with E-state index in [0.717, 1.165) is 5.92 Å². The van der Waals surface area contributed by atoms with E-state index in [1.165, 1.54) is 11.1 Å². The standard InChI is InChI=1S/C8H8.C2H7N/c1-6-7-3-2-4-8(6)5-7;1-3-2/h2-6H,1H3;3H,1-2H3. The van der Waals surface area contributed by atoms with E-state index in [1.807, 2.05) is 14.1 Å². The summed E-state index contributed by atoms with van der Waals surface area (Å²) < 4.78 is 0. The molecule has 11 heavy (non-hydrogen) atoms. The van der Waals surface area contributed by atoms with E-state index in [4.69, 9.17) is 0 Å². The number of benzene rings is 1. The van der Waals surface area contributed by atoms with E-state index in [9.17, 15) is 0 Å². The molecule has 1 nitrogen and oxygen atoms in total. The fraction of sp³-hybridized carbons (Fsp3) is 0.400. The zero-order chi connectivity index (χ0) is 8.27. The molecule has 0 saturated carbocycles. The summed E-state index contributed by atoms with van der Waals surface area (Å²) in [6, 6.07) is 8.71. The van der Waals surface area contributed by atoms with Crippen LogP contribution in [-0.4, -0.2) is 14.1 Å². The van der Waals surface area contributed by atoms with Gasteiger partial charge in [-0.15, -0.1) is 0 Å². The number of nitrogens with one attached hydrogen (secondary N) is 1. The van der Waals surface area contributed by atoms with E-state index in [1.54, 1.807) is 0 Å². The van der Waals surface area contributed by atoms with Gasteiger partial charge in [-0.05, 0) is 25.2 Å². The van der Waals surface area contributed by atoms with E-state index >= 15 is 0 Å². The zero-order valence-corrected chi connectivity index (χ0v) is 7.39. The lowest BCUT2D eigenvalue weighted by atomic mass is 9.82. The van der Waals surface area contributed by atoms with Crippen LogP contribution in [0.2, 0.25) is 0 Å².